The second-order valence-electron chi connectivity index (χ2n) is 5.44. The second-order valence-corrected chi connectivity index (χ2v) is 5.44. The van der Waals surface area contributed by atoms with Crippen molar-refractivity contribution in [2.24, 2.45) is 0 Å². The van der Waals surface area contributed by atoms with Crippen LogP contribution in [0.5, 0.6) is 5.75 Å². The zero-order valence-corrected chi connectivity index (χ0v) is 11.0. The number of hydrogen-bond donors (Lipinski definition) is 2. The maximum Gasteiger partial charge on any atom is 0.123 e. The van der Waals surface area contributed by atoms with Crippen LogP contribution in [0.4, 0.5) is 0 Å². The van der Waals surface area contributed by atoms with Gasteiger partial charge in [-0.2, -0.15) is 0 Å². The van der Waals surface area contributed by atoms with Crippen LogP contribution in [0.15, 0.2) is 48.5 Å². The highest BCUT2D eigenvalue weighted by Crippen LogP contribution is 2.35. The van der Waals surface area contributed by atoms with Crippen molar-refractivity contribution in [1.82, 2.24) is 0 Å². The molecular formula is C17H16O2. The van der Waals surface area contributed by atoms with E-state index in [1.807, 2.05) is 36.4 Å². The van der Waals surface area contributed by atoms with Gasteiger partial charge in [0.05, 0.1) is 5.60 Å². The summed E-state index contributed by atoms with van der Waals surface area (Å²) in [6.45, 7) is 3.52. The Morgan fingerprint density at radius 3 is 2.00 bits per heavy atom. The molecule has 0 saturated carbocycles. The minimum atomic E-state index is -0.936. The molecule has 0 unspecified atom stereocenters. The summed E-state index contributed by atoms with van der Waals surface area (Å²) in [5, 5.41) is 24.2. The lowest BCUT2D eigenvalue weighted by molar-refractivity contribution is 0.0802. The minimum Gasteiger partial charge on any atom is -0.507 e. The van der Waals surface area contributed by atoms with Crippen molar-refractivity contribution < 1.29 is 10.2 Å². The number of fused-ring (bicyclic) bond motifs is 2. The van der Waals surface area contributed by atoms with Crippen LogP contribution in [-0.4, -0.2) is 10.2 Å². The zero-order chi connectivity index (χ0) is 13.6. The van der Waals surface area contributed by atoms with E-state index < -0.39 is 5.60 Å². The Balaban J connectivity index is 2.48. The summed E-state index contributed by atoms with van der Waals surface area (Å²) in [7, 11) is 0. The summed E-state index contributed by atoms with van der Waals surface area (Å²) >= 11 is 0. The molecule has 0 saturated heterocycles. The Kier molecular flexibility index (Phi) is 2.51. The van der Waals surface area contributed by atoms with E-state index in [0.717, 1.165) is 27.1 Å². The summed E-state index contributed by atoms with van der Waals surface area (Å²) in [5.74, 6) is 0.244. The van der Waals surface area contributed by atoms with E-state index in [0.29, 0.717) is 0 Å². The Morgan fingerprint density at radius 1 is 0.842 bits per heavy atom. The number of aliphatic hydroxyl groups is 1. The van der Waals surface area contributed by atoms with Gasteiger partial charge in [0.2, 0.25) is 0 Å². The molecule has 0 bridgehead atoms. The molecule has 2 heteroatoms. The van der Waals surface area contributed by atoms with E-state index >= 15 is 0 Å². The standard InChI is InChI=1S/C17H16O2/c1-17(2,19)15-7-8-16(18)14-10-12-6-4-3-5-11(12)9-13(14)15/h3-10,18-19H,1-2H3. The summed E-state index contributed by atoms with van der Waals surface area (Å²) < 4.78 is 0. The second kappa shape index (κ2) is 3.97. The molecule has 96 valence electrons. The molecule has 0 atom stereocenters. The van der Waals surface area contributed by atoms with E-state index in [1.54, 1.807) is 26.0 Å². The van der Waals surface area contributed by atoms with E-state index in [1.165, 1.54) is 0 Å². The Bertz CT molecular complexity index is 767. The molecule has 0 radical (unpaired) electrons. The van der Waals surface area contributed by atoms with Crippen LogP contribution in [0.3, 0.4) is 0 Å². The maximum absolute atomic E-state index is 10.3. The average Bonchev–Trinajstić information content (AvgIpc) is 2.36. The van der Waals surface area contributed by atoms with Crippen molar-refractivity contribution in [3.8, 4) is 5.75 Å². The van der Waals surface area contributed by atoms with Crippen LogP contribution in [0.2, 0.25) is 0 Å². The van der Waals surface area contributed by atoms with Gasteiger partial charge in [0.25, 0.3) is 0 Å². The number of phenolic OH excluding ortho intramolecular Hbond substituents is 1. The molecule has 19 heavy (non-hydrogen) atoms. The van der Waals surface area contributed by atoms with E-state index in [4.69, 9.17) is 0 Å². The monoisotopic (exact) mass is 252 g/mol. The first kappa shape index (κ1) is 12.0. The lowest BCUT2D eigenvalue weighted by Gasteiger charge is -2.21. The summed E-state index contributed by atoms with van der Waals surface area (Å²) in [6, 6.07) is 15.4. The fourth-order valence-electron chi connectivity index (χ4n) is 2.55. The van der Waals surface area contributed by atoms with Crippen molar-refractivity contribution in [3.05, 3.63) is 54.1 Å². The normalized spacial score (nSPS) is 12.2. The Labute approximate surface area is 111 Å². The van der Waals surface area contributed by atoms with Crippen LogP contribution in [0.25, 0.3) is 21.5 Å². The number of hydrogen-bond acceptors (Lipinski definition) is 2. The molecule has 0 aliphatic heterocycles. The molecule has 2 nitrogen and oxygen atoms in total. The number of rotatable bonds is 1. The topological polar surface area (TPSA) is 40.5 Å². The van der Waals surface area contributed by atoms with Crippen molar-refractivity contribution >= 4 is 21.5 Å². The van der Waals surface area contributed by atoms with Gasteiger partial charge in [-0.1, -0.05) is 30.3 Å². The third-order valence-corrected chi connectivity index (χ3v) is 3.52. The van der Waals surface area contributed by atoms with Crippen LogP contribution in [0.1, 0.15) is 19.4 Å². The van der Waals surface area contributed by atoms with E-state index in [-0.39, 0.29) is 5.75 Å². The van der Waals surface area contributed by atoms with Gasteiger partial charge in [-0.05, 0) is 53.8 Å². The van der Waals surface area contributed by atoms with Gasteiger partial charge in [-0.15, -0.1) is 0 Å². The van der Waals surface area contributed by atoms with Crippen LogP contribution < -0.4 is 0 Å². The van der Waals surface area contributed by atoms with Crippen molar-refractivity contribution in [3.63, 3.8) is 0 Å². The number of phenols is 1. The van der Waals surface area contributed by atoms with Gasteiger partial charge < -0.3 is 10.2 Å². The smallest absolute Gasteiger partial charge is 0.123 e. The highest BCUT2D eigenvalue weighted by atomic mass is 16.3. The first-order valence-corrected chi connectivity index (χ1v) is 6.34. The first-order chi connectivity index (χ1) is 8.97. The van der Waals surface area contributed by atoms with Crippen LogP contribution in [-0.2, 0) is 5.60 Å². The van der Waals surface area contributed by atoms with E-state index in [2.05, 4.69) is 0 Å². The van der Waals surface area contributed by atoms with Gasteiger partial charge in [0.15, 0.2) is 0 Å². The van der Waals surface area contributed by atoms with Crippen molar-refractivity contribution in [2.75, 3.05) is 0 Å². The molecule has 2 N–H and O–H groups in total. The van der Waals surface area contributed by atoms with Crippen molar-refractivity contribution in [1.29, 1.82) is 0 Å². The molecule has 0 fully saturated rings. The quantitative estimate of drug-likeness (QED) is 0.644. The van der Waals surface area contributed by atoms with E-state index in [9.17, 15) is 10.2 Å². The van der Waals surface area contributed by atoms with Gasteiger partial charge in [-0.25, -0.2) is 0 Å². The molecular weight excluding hydrogens is 236 g/mol. The van der Waals surface area contributed by atoms with Crippen LogP contribution in [0, 0.1) is 0 Å². The highest BCUT2D eigenvalue weighted by molar-refractivity contribution is 6.02. The molecule has 3 aromatic carbocycles. The third-order valence-electron chi connectivity index (χ3n) is 3.52. The molecule has 0 aliphatic carbocycles. The zero-order valence-electron chi connectivity index (χ0n) is 11.0. The number of aromatic hydroxyl groups is 1. The van der Waals surface area contributed by atoms with Gasteiger partial charge in [0.1, 0.15) is 5.75 Å². The molecule has 0 aliphatic rings. The molecule has 3 rings (SSSR count). The lowest BCUT2D eigenvalue weighted by atomic mass is 9.90. The van der Waals surface area contributed by atoms with Gasteiger partial charge >= 0.3 is 0 Å². The highest BCUT2D eigenvalue weighted by Gasteiger charge is 2.20. The fraction of sp³-hybridized carbons (Fsp3) is 0.176. The SMILES string of the molecule is CC(C)(O)c1ccc(O)c2cc3ccccc3cc12. The largest absolute Gasteiger partial charge is 0.507 e. The predicted molar refractivity (Wildman–Crippen MR) is 78.4 cm³/mol. The summed E-state index contributed by atoms with van der Waals surface area (Å²) in [5.41, 5.74) is -0.111. The molecule has 0 heterocycles. The van der Waals surface area contributed by atoms with Gasteiger partial charge in [-0.3, -0.25) is 0 Å². The van der Waals surface area contributed by atoms with Gasteiger partial charge in [0, 0.05) is 5.39 Å². The fourth-order valence-corrected chi connectivity index (χ4v) is 2.55. The average molecular weight is 252 g/mol. The lowest BCUT2D eigenvalue weighted by Crippen LogP contribution is -2.15. The first-order valence-electron chi connectivity index (χ1n) is 6.34. The molecule has 0 amide bonds. The summed E-state index contributed by atoms with van der Waals surface area (Å²) in [6.07, 6.45) is 0. The molecule has 3 aromatic rings. The van der Waals surface area contributed by atoms with Crippen molar-refractivity contribution in [2.45, 2.75) is 19.4 Å². The minimum absolute atomic E-state index is 0.244. The Morgan fingerprint density at radius 2 is 1.42 bits per heavy atom. The predicted octanol–water partition coefficient (Wildman–Crippen LogP) is 3.93. The molecule has 0 spiro atoms. The molecule has 0 aromatic heterocycles. The van der Waals surface area contributed by atoms with Crippen LogP contribution >= 0.6 is 0 Å². The summed E-state index contributed by atoms with van der Waals surface area (Å²) in [4.78, 5) is 0. The Hall–Kier alpha value is -2.06. The number of benzene rings is 3. The third kappa shape index (κ3) is 1.94. The maximum atomic E-state index is 10.3.